The summed E-state index contributed by atoms with van der Waals surface area (Å²) in [5, 5.41) is 4.07. The Morgan fingerprint density at radius 1 is 1.40 bits per heavy atom. The monoisotopic (exact) mass is 280 g/mol. The number of hydrogen-bond acceptors (Lipinski definition) is 3. The number of nitrogens with zero attached hydrogens (tertiary/aromatic N) is 2. The first-order chi connectivity index (χ1) is 9.60. The van der Waals surface area contributed by atoms with Gasteiger partial charge >= 0.3 is 6.61 Å². The molecule has 0 radical (unpaired) electrons. The van der Waals surface area contributed by atoms with Crippen LogP contribution in [0.2, 0.25) is 0 Å². The van der Waals surface area contributed by atoms with Crippen molar-refractivity contribution in [1.82, 2.24) is 9.78 Å². The van der Waals surface area contributed by atoms with E-state index in [4.69, 9.17) is 0 Å². The number of ketones is 1. The van der Waals surface area contributed by atoms with Crippen molar-refractivity contribution in [2.24, 2.45) is 0 Å². The summed E-state index contributed by atoms with van der Waals surface area (Å²) >= 11 is 0. The minimum atomic E-state index is -2.91. The average Bonchev–Trinajstić information content (AvgIpc) is 2.86. The third kappa shape index (κ3) is 3.40. The molecule has 0 spiro atoms. The molecule has 2 aromatic rings. The highest BCUT2D eigenvalue weighted by Crippen LogP contribution is 2.18. The maximum atomic E-state index is 12.2. The number of carbonyl (C=O) groups excluding carboxylic acids is 1. The first-order valence-electron chi connectivity index (χ1n) is 6.22. The van der Waals surface area contributed by atoms with Gasteiger partial charge in [0.2, 0.25) is 0 Å². The van der Waals surface area contributed by atoms with Crippen LogP contribution < -0.4 is 4.74 Å². The number of aryl methyl sites for hydroxylation is 1. The molecule has 0 N–H and O–H groups in total. The molecule has 2 rings (SSSR count). The molecule has 0 saturated heterocycles. The van der Waals surface area contributed by atoms with Crippen molar-refractivity contribution < 1.29 is 18.3 Å². The van der Waals surface area contributed by atoms with Crippen LogP contribution in [0.25, 0.3) is 0 Å². The maximum absolute atomic E-state index is 12.2. The van der Waals surface area contributed by atoms with E-state index in [1.807, 2.05) is 6.92 Å². The van der Waals surface area contributed by atoms with E-state index in [9.17, 15) is 13.6 Å². The molecule has 0 aliphatic heterocycles. The van der Waals surface area contributed by atoms with Crippen LogP contribution in [0.15, 0.2) is 36.7 Å². The Balaban J connectivity index is 2.19. The molecule has 1 aromatic carbocycles. The van der Waals surface area contributed by atoms with Crippen LogP contribution in [0.1, 0.15) is 29.3 Å². The summed E-state index contributed by atoms with van der Waals surface area (Å²) in [6.07, 6.45) is 4.03. The fourth-order valence-electron chi connectivity index (χ4n) is 1.81. The number of rotatable bonds is 6. The zero-order valence-electron chi connectivity index (χ0n) is 10.9. The van der Waals surface area contributed by atoms with E-state index in [1.54, 1.807) is 16.9 Å². The van der Waals surface area contributed by atoms with E-state index in [1.165, 1.54) is 24.4 Å². The quantitative estimate of drug-likeness (QED) is 0.764. The highest BCUT2D eigenvalue weighted by Gasteiger charge is 2.13. The van der Waals surface area contributed by atoms with Gasteiger partial charge in [0.15, 0.2) is 5.78 Å². The summed E-state index contributed by atoms with van der Waals surface area (Å²) in [6.45, 7) is -0.177. The van der Waals surface area contributed by atoms with Crippen LogP contribution in [-0.2, 0) is 6.54 Å². The Hall–Kier alpha value is -2.24. The SMILES string of the molecule is CCCn1cc(C(=O)c2cccc(OC(F)F)c2)cn1. The van der Waals surface area contributed by atoms with Crippen molar-refractivity contribution in [3.8, 4) is 5.75 Å². The molecular weight excluding hydrogens is 266 g/mol. The van der Waals surface area contributed by atoms with Gasteiger partial charge in [0, 0.05) is 18.3 Å². The van der Waals surface area contributed by atoms with Crippen LogP contribution in [-0.4, -0.2) is 22.2 Å². The van der Waals surface area contributed by atoms with Crippen molar-refractivity contribution in [2.45, 2.75) is 26.5 Å². The van der Waals surface area contributed by atoms with Crippen molar-refractivity contribution in [2.75, 3.05) is 0 Å². The fraction of sp³-hybridized carbons (Fsp3) is 0.286. The molecule has 0 saturated carbocycles. The lowest BCUT2D eigenvalue weighted by Crippen LogP contribution is -2.04. The second-order valence-electron chi connectivity index (χ2n) is 4.23. The second kappa shape index (κ2) is 6.27. The van der Waals surface area contributed by atoms with Gasteiger partial charge in [-0.1, -0.05) is 19.1 Å². The van der Waals surface area contributed by atoms with Gasteiger partial charge in [-0.25, -0.2) is 0 Å². The van der Waals surface area contributed by atoms with Crippen molar-refractivity contribution >= 4 is 5.78 Å². The topological polar surface area (TPSA) is 44.1 Å². The van der Waals surface area contributed by atoms with Gasteiger partial charge in [-0.2, -0.15) is 13.9 Å². The zero-order chi connectivity index (χ0) is 14.5. The lowest BCUT2D eigenvalue weighted by atomic mass is 10.1. The molecule has 0 aliphatic carbocycles. The molecule has 1 heterocycles. The van der Waals surface area contributed by atoms with Crippen LogP contribution in [0.5, 0.6) is 5.75 Å². The number of halogens is 2. The normalized spacial score (nSPS) is 10.8. The summed E-state index contributed by atoms with van der Waals surface area (Å²) in [5.74, 6) is -0.307. The Kier molecular flexibility index (Phi) is 4.45. The van der Waals surface area contributed by atoms with Crippen LogP contribution in [0, 0.1) is 0 Å². The lowest BCUT2D eigenvalue weighted by molar-refractivity contribution is -0.0498. The van der Waals surface area contributed by atoms with E-state index in [2.05, 4.69) is 9.84 Å². The van der Waals surface area contributed by atoms with Gasteiger partial charge in [0.05, 0.1) is 11.8 Å². The lowest BCUT2D eigenvalue weighted by Gasteiger charge is -2.05. The summed E-state index contributed by atoms with van der Waals surface area (Å²) in [4.78, 5) is 12.2. The molecule has 0 bridgehead atoms. The molecule has 0 fully saturated rings. The summed E-state index contributed by atoms with van der Waals surface area (Å²) in [7, 11) is 0. The largest absolute Gasteiger partial charge is 0.435 e. The first kappa shape index (κ1) is 14.2. The Morgan fingerprint density at radius 3 is 2.90 bits per heavy atom. The number of aromatic nitrogens is 2. The van der Waals surface area contributed by atoms with E-state index in [-0.39, 0.29) is 11.5 Å². The predicted molar refractivity (Wildman–Crippen MR) is 69.0 cm³/mol. The van der Waals surface area contributed by atoms with Gasteiger partial charge in [0.25, 0.3) is 0 Å². The molecule has 0 aliphatic rings. The third-order valence-corrected chi connectivity index (χ3v) is 2.67. The van der Waals surface area contributed by atoms with E-state index in [0.29, 0.717) is 11.1 Å². The smallest absolute Gasteiger partial charge is 0.387 e. The highest BCUT2D eigenvalue weighted by atomic mass is 19.3. The van der Waals surface area contributed by atoms with Crippen LogP contribution in [0.4, 0.5) is 8.78 Å². The Labute approximate surface area is 115 Å². The average molecular weight is 280 g/mol. The molecule has 4 nitrogen and oxygen atoms in total. The predicted octanol–water partition coefficient (Wildman–Crippen LogP) is 3.13. The zero-order valence-corrected chi connectivity index (χ0v) is 10.9. The molecule has 6 heteroatoms. The molecule has 20 heavy (non-hydrogen) atoms. The molecular formula is C14H14F2N2O2. The molecule has 106 valence electrons. The number of carbonyl (C=O) groups is 1. The first-order valence-corrected chi connectivity index (χ1v) is 6.22. The van der Waals surface area contributed by atoms with Crippen LogP contribution >= 0.6 is 0 Å². The van der Waals surface area contributed by atoms with Gasteiger partial charge < -0.3 is 4.74 Å². The third-order valence-electron chi connectivity index (χ3n) is 2.67. The Morgan fingerprint density at radius 2 is 2.20 bits per heavy atom. The highest BCUT2D eigenvalue weighted by molar-refractivity contribution is 6.08. The molecule has 0 amide bonds. The number of benzene rings is 1. The Bertz CT molecular complexity index is 596. The fourth-order valence-corrected chi connectivity index (χ4v) is 1.81. The van der Waals surface area contributed by atoms with Crippen molar-refractivity contribution in [1.29, 1.82) is 0 Å². The van der Waals surface area contributed by atoms with E-state index in [0.717, 1.165) is 13.0 Å². The minimum absolute atomic E-state index is 0.0354. The van der Waals surface area contributed by atoms with E-state index >= 15 is 0 Å². The van der Waals surface area contributed by atoms with Gasteiger partial charge in [0.1, 0.15) is 5.75 Å². The van der Waals surface area contributed by atoms with Crippen molar-refractivity contribution in [3.63, 3.8) is 0 Å². The van der Waals surface area contributed by atoms with Gasteiger partial charge in [-0.15, -0.1) is 0 Å². The van der Waals surface area contributed by atoms with Crippen molar-refractivity contribution in [3.05, 3.63) is 47.8 Å². The maximum Gasteiger partial charge on any atom is 0.387 e. The summed E-state index contributed by atoms with van der Waals surface area (Å²) < 4.78 is 30.2. The molecule has 0 unspecified atom stereocenters. The number of alkyl halides is 2. The molecule has 1 aromatic heterocycles. The minimum Gasteiger partial charge on any atom is -0.435 e. The van der Waals surface area contributed by atoms with E-state index < -0.39 is 6.61 Å². The second-order valence-corrected chi connectivity index (χ2v) is 4.23. The molecule has 0 atom stereocenters. The summed E-state index contributed by atoms with van der Waals surface area (Å²) in [5.41, 5.74) is 0.715. The number of ether oxygens (including phenoxy) is 1. The standard InChI is InChI=1S/C14H14F2N2O2/c1-2-6-18-9-11(8-17-18)13(19)10-4-3-5-12(7-10)20-14(15)16/h3-5,7-9,14H,2,6H2,1H3. The van der Waals surface area contributed by atoms with Crippen LogP contribution in [0.3, 0.4) is 0 Å². The van der Waals surface area contributed by atoms with Gasteiger partial charge in [-0.05, 0) is 18.6 Å². The number of hydrogen-bond donors (Lipinski definition) is 0. The summed E-state index contributed by atoms with van der Waals surface area (Å²) in [6, 6.07) is 5.73. The van der Waals surface area contributed by atoms with Gasteiger partial charge in [-0.3, -0.25) is 9.48 Å².